The topological polar surface area (TPSA) is 30.7 Å². The molecule has 11 heteroatoms. The second kappa shape index (κ2) is 16.6. The lowest BCUT2D eigenvalue weighted by molar-refractivity contribution is 0.0601. The van der Waals surface area contributed by atoms with Gasteiger partial charge in [-0.3, -0.25) is 0 Å². The highest BCUT2D eigenvalue weighted by molar-refractivity contribution is 9.10. The van der Waals surface area contributed by atoms with Gasteiger partial charge in [-0.25, -0.2) is 9.64 Å². The number of carbonyl (C=O) groups excluding carboxylic acids is 1. The second-order valence-corrected chi connectivity index (χ2v) is 22.4. The first-order chi connectivity index (χ1) is 15.6. The molecule has 0 saturated heterocycles. The second-order valence-electron chi connectivity index (χ2n) is 6.30. The van der Waals surface area contributed by atoms with Gasteiger partial charge in [-0.1, -0.05) is 93.4 Å². The summed E-state index contributed by atoms with van der Waals surface area (Å²) in [5.41, 5.74) is 4.12. The van der Waals surface area contributed by atoms with Gasteiger partial charge in [0.25, 0.3) is 0 Å². The van der Waals surface area contributed by atoms with Crippen LogP contribution in [-0.2, 0) is 4.74 Å². The minimum atomic E-state index is -0.391. The van der Waals surface area contributed by atoms with Crippen LogP contribution >= 0.6 is 85.2 Å². The highest BCUT2D eigenvalue weighted by Crippen LogP contribution is 2.71. The molecule has 0 amide bonds. The number of esters is 1. The molecular formula is C22H23Br2ClNO2P5. The van der Waals surface area contributed by atoms with E-state index in [2.05, 4.69) is 68.2 Å². The number of rotatable bonds is 3. The summed E-state index contributed by atoms with van der Waals surface area (Å²) in [5.74, 6) is -0.391. The Balaban J connectivity index is 0.000000304. The number of halogens is 3. The molecule has 0 aromatic heterocycles. The number of methoxy groups -OCH3 is 1. The van der Waals surface area contributed by atoms with Gasteiger partial charge in [0.15, 0.2) is 0 Å². The molecule has 0 radical (unpaired) electrons. The number of hydrogen-bond donors (Lipinski definition) is 0. The Hall–Kier alpha value is 0.0200. The first kappa shape index (κ1) is 31.1. The standard InChI is InChI=1S/C14H10BrClO2.C8H6BrN.H7P5/c1-18-14(17)10-5-6-12(13(16)8-10)9-3-2-4-11(15)7-9;1-6-3-4-7(9)8(5-6)10-2;1-4-5(2)3/h2-8H,1H3;3-5H,1H3;4H,1-3H2. The minimum Gasteiger partial charge on any atom is -0.465 e. The lowest BCUT2D eigenvalue weighted by atomic mass is 10.0. The third-order valence-corrected chi connectivity index (χ3v) is 17.3. The van der Waals surface area contributed by atoms with Crippen molar-refractivity contribution in [1.82, 2.24) is 0 Å². The highest BCUT2D eigenvalue weighted by atomic mass is 79.9. The van der Waals surface area contributed by atoms with Crippen molar-refractivity contribution in [3.63, 3.8) is 0 Å². The molecule has 3 aromatic rings. The van der Waals surface area contributed by atoms with E-state index in [4.69, 9.17) is 18.2 Å². The molecule has 0 aliphatic carbocycles. The number of hydrogen-bond acceptors (Lipinski definition) is 2. The Morgan fingerprint density at radius 2 is 1.79 bits per heavy atom. The molecule has 33 heavy (non-hydrogen) atoms. The highest BCUT2D eigenvalue weighted by Gasteiger charge is 2.10. The Bertz CT molecular complexity index is 1130. The maximum absolute atomic E-state index is 11.4. The maximum Gasteiger partial charge on any atom is 0.337 e. The van der Waals surface area contributed by atoms with Crippen molar-refractivity contribution in [2.24, 2.45) is 0 Å². The van der Waals surface area contributed by atoms with Crippen molar-refractivity contribution >= 4 is 96.8 Å². The first-order valence-electron chi connectivity index (χ1n) is 9.16. The molecule has 3 aromatic carbocycles. The predicted octanol–water partition coefficient (Wildman–Crippen LogP) is 10.3. The van der Waals surface area contributed by atoms with Crippen LogP contribution < -0.4 is 0 Å². The van der Waals surface area contributed by atoms with E-state index >= 15 is 0 Å². The quantitative estimate of drug-likeness (QED) is 0.156. The fourth-order valence-corrected chi connectivity index (χ4v) is 3.38. The van der Waals surface area contributed by atoms with Crippen molar-refractivity contribution in [3.05, 3.63) is 97.2 Å². The summed E-state index contributed by atoms with van der Waals surface area (Å²) in [7, 11) is 10.6. The van der Waals surface area contributed by atoms with E-state index in [1.54, 1.807) is 12.1 Å². The van der Waals surface area contributed by atoms with Crippen LogP contribution in [0, 0.1) is 13.5 Å². The normalized spacial score (nSPS) is 10.1. The van der Waals surface area contributed by atoms with Gasteiger partial charge in [0.05, 0.1) is 19.2 Å². The monoisotopic (exact) mass is 681 g/mol. The zero-order valence-corrected chi connectivity index (χ0v) is 27.1. The number of carbonyl (C=O) groups is 1. The SMILES string of the molecule is COC(=O)c1ccc(-c2cccc(Br)c2)c(Cl)c1.PPP(P)P.[C-]#[N+]c1cc(C)ccc1Br. The van der Waals surface area contributed by atoms with Crippen molar-refractivity contribution in [2.75, 3.05) is 7.11 Å². The zero-order valence-electron chi connectivity index (χ0n) is 17.9. The van der Waals surface area contributed by atoms with Crippen LogP contribution in [-0.4, -0.2) is 13.1 Å². The molecule has 0 aliphatic heterocycles. The summed E-state index contributed by atoms with van der Waals surface area (Å²) in [5, 5.41) is 0.524. The van der Waals surface area contributed by atoms with E-state index in [0.29, 0.717) is 16.3 Å². The maximum atomic E-state index is 11.4. The fraction of sp³-hybridized carbons (Fsp3) is 0.0909. The average molecular weight is 684 g/mol. The summed E-state index contributed by atoms with van der Waals surface area (Å²) in [4.78, 5) is 14.7. The number of nitrogens with zero attached hydrogens (tertiary/aromatic N) is 1. The predicted molar refractivity (Wildman–Crippen MR) is 165 cm³/mol. The minimum absolute atomic E-state index is 0.226. The Morgan fingerprint density at radius 3 is 2.27 bits per heavy atom. The molecule has 0 saturated carbocycles. The molecule has 0 bridgehead atoms. The van der Waals surface area contributed by atoms with Crippen LogP contribution in [0.25, 0.3) is 16.0 Å². The van der Waals surface area contributed by atoms with Gasteiger partial charge >= 0.3 is 5.97 Å². The summed E-state index contributed by atoms with van der Waals surface area (Å²) >= 11 is 12.9. The molecule has 0 aliphatic rings. The van der Waals surface area contributed by atoms with Gasteiger partial charge in [0.2, 0.25) is 5.69 Å². The third-order valence-electron chi connectivity index (χ3n) is 3.90. The van der Waals surface area contributed by atoms with Gasteiger partial charge in [-0.15, -0.1) is 26.8 Å². The summed E-state index contributed by atoms with van der Waals surface area (Å²) in [6, 6.07) is 18.7. The zero-order chi connectivity index (χ0) is 25.0. The molecule has 0 heterocycles. The van der Waals surface area contributed by atoms with Gasteiger partial charge in [0.1, 0.15) is 0 Å². The van der Waals surface area contributed by atoms with Gasteiger partial charge in [0, 0.05) is 19.5 Å². The smallest absolute Gasteiger partial charge is 0.337 e. The Morgan fingerprint density at radius 1 is 1.12 bits per heavy atom. The van der Waals surface area contributed by atoms with E-state index in [-0.39, 0.29) is 6.99 Å². The van der Waals surface area contributed by atoms with Crippen LogP contribution in [0.15, 0.2) is 69.6 Å². The molecular weight excluding hydrogens is 660 g/mol. The fourth-order valence-electron chi connectivity index (χ4n) is 2.36. The number of aryl methyl sites for hydroxylation is 1. The number of benzene rings is 3. The number of ether oxygens (including phenoxy) is 1. The van der Waals surface area contributed by atoms with E-state index in [0.717, 1.165) is 33.6 Å². The Labute approximate surface area is 227 Å². The van der Waals surface area contributed by atoms with Crippen LogP contribution in [0.1, 0.15) is 15.9 Å². The molecule has 4 unspecified atom stereocenters. The van der Waals surface area contributed by atoms with Crippen molar-refractivity contribution in [3.8, 4) is 11.1 Å². The van der Waals surface area contributed by atoms with Crippen molar-refractivity contribution < 1.29 is 9.53 Å². The van der Waals surface area contributed by atoms with Crippen LogP contribution in [0.3, 0.4) is 0 Å². The van der Waals surface area contributed by atoms with Crippen molar-refractivity contribution in [2.45, 2.75) is 6.92 Å². The largest absolute Gasteiger partial charge is 0.465 e. The lowest BCUT2D eigenvalue weighted by Crippen LogP contribution is -2.00. The van der Waals surface area contributed by atoms with Crippen LogP contribution in [0.5, 0.6) is 0 Å². The van der Waals surface area contributed by atoms with E-state index in [9.17, 15) is 4.79 Å². The van der Waals surface area contributed by atoms with Crippen LogP contribution in [0.4, 0.5) is 5.69 Å². The van der Waals surface area contributed by atoms with Gasteiger partial charge in [-0.2, -0.15) is 0 Å². The lowest BCUT2D eigenvalue weighted by Gasteiger charge is -2.07. The van der Waals surface area contributed by atoms with Crippen LogP contribution in [0.2, 0.25) is 5.02 Å². The molecule has 4 atom stereocenters. The molecule has 0 fully saturated rings. The van der Waals surface area contributed by atoms with Crippen molar-refractivity contribution in [1.29, 1.82) is 0 Å². The van der Waals surface area contributed by atoms with Gasteiger partial charge in [-0.05, 0) is 43.7 Å². The molecule has 174 valence electrons. The summed E-state index contributed by atoms with van der Waals surface area (Å²) in [6.07, 6.45) is 0. The summed E-state index contributed by atoms with van der Waals surface area (Å²) < 4.78 is 6.50. The van der Waals surface area contributed by atoms with Gasteiger partial charge < -0.3 is 4.74 Å². The molecule has 0 N–H and O–H groups in total. The average Bonchev–Trinajstić information content (AvgIpc) is 2.80. The molecule has 3 nitrogen and oxygen atoms in total. The Kier molecular flexibility index (Phi) is 15.7. The molecule has 0 spiro atoms. The molecule has 3 rings (SSSR count). The third kappa shape index (κ3) is 11.5. The van der Waals surface area contributed by atoms with E-state index in [1.807, 2.05) is 55.5 Å². The first-order valence-corrected chi connectivity index (χ1v) is 19.4. The van der Waals surface area contributed by atoms with E-state index in [1.165, 1.54) is 7.11 Å². The van der Waals surface area contributed by atoms with E-state index < -0.39 is 5.97 Å². The summed E-state index contributed by atoms with van der Waals surface area (Å²) in [6.45, 7) is 8.98.